The van der Waals surface area contributed by atoms with Crippen LogP contribution in [0.5, 0.6) is 0 Å². The van der Waals surface area contributed by atoms with Gasteiger partial charge >= 0.3 is 17.9 Å². The van der Waals surface area contributed by atoms with E-state index in [0.717, 1.165) is 57.8 Å². The second-order valence-corrected chi connectivity index (χ2v) is 9.84. The third-order valence-corrected chi connectivity index (χ3v) is 6.65. The molecule has 2 amide bonds. The van der Waals surface area contributed by atoms with E-state index in [-0.39, 0.29) is 19.3 Å². The topological polar surface area (TPSA) is 138 Å². The van der Waals surface area contributed by atoms with Crippen LogP contribution in [0.25, 0.3) is 0 Å². The number of rotatable bonds is 22. The van der Waals surface area contributed by atoms with Gasteiger partial charge in [0.2, 0.25) is 0 Å². The van der Waals surface area contributed by atoms with Crippen molar-refractivity contribution in [3.05, 3.63) is 11.1 Å². The molecule has 1 fully saturated rings. The Morgan fingerprint density at radius 3 is 1.49 bits per heavy atom. The van der Waals surface area contributed by atoms with Gasteiger partial charge in [-0.05, 0) is 37.7 Å². The molecule has 0 atom stereocenters. The number of allylic oxidation sites excluding steroid dienone is 1. The zero-order valence-corrected chi connectivity index (χ0v) is 22.4. The Morgan fingerprint density at radius 1 is 0.676 bits per heavy atom. The molecule has 1 rings (SSSR count). The molecular formula is C28H45NO8. The number of carbonyl (C=O) groups excluding carboxylic acids is 3. The molecule has 0 unspecified atom stereocenters. The van der Waals surface area contributed by atoms with E-state index in [1.807, 2.05) is 0 Å². The molecule has 0 saturated carbocycles. The van der Waals surface area contributed by atoms with E-state index >= 15 is 0 Å². The predicted molar refractivity (Wildman–Crippen MR) is 138 cm³/mol. The third kappa shape index (κ3) is 14.0. The fourth-order valence-electron chi connectivity index (χ4n) is 4.52. The number of nitrogens with zero attached hydrogens (tertiary/aromatic N) is 1. The van der Waals surface area contributed by atoms with E-state index < -0.39 is 35.3 Å². The summed E-state index contributed by atoms with van der Waals surface area (Å²) in [6, 6.07) is 0. The van der Waals surface area contributed by atoms with Crippen molar-refractivity contribution in [2.45, 2.75) is 135 Å². The highest BCUT2D eigenvalue weighted by atomic mass is 16.7. The highest BCUT2D eigenvalue weighted by Gasteiger charge is 2.35. The maximum absolute atomic E-state index is 12.7. The number of imide groups is 1. The number of aliphatic carboxylic acids is 2. The average molecular weight is 524 g/mol. The lowest BCUT2D eigenvalue weighted by molar-refractivity contribution is -0.195. The maximum atomic E-state index is 12.7. The van der Waals surface area contributed by atoms with Crippen molar-refractivity contribution in [2.24, 2.45) is 0 Å². The number of carboxylic acids is 2. The lowest BCUT2D eigenvalue weighted by Gasteiger charge is -2.16. The van der Waals surface area contributed by atoms with Gasteiger partial charge in [0.25, 0.3) is 11.8 Å². The van der Waals surface area contributed by atoms with Gasteiger partial charge in [-0.3, -0.25) is 14.4 Å². The zero-order chi connectivity index (χ0) is 27.5. The van der Waals surface area contributed by atoms with E-state index in [1.54, 1.807) is 0 Å². The Balaban J connectivity index is 2.67. The minimum atomic E-state index is -1.41. The Kier molecular flexibility index (Phi) is 17.0. The molecule has 9 nitrogen and oxygen atoms in total. The smallest absolute Gasteiger partial charge is 0.371 e. The molecule has 1 aliphatic heterocycles. The molecule has 9 heteroatoms. The van der Waals surface area contributed by atoms with Crippen LogP contribution in [-0.2, 0) is 28.8 Å². The van der Waals surface area contributed by atoms with Crippen molar-refractivity contribution < 1.29 is 39.0 Å². The fraction of sp³-hybridized carbons (Fsp3) is 0.750. The van der Waals surface area contributed by atoms with Gasteiger partial charge in [-0.1, -0.05) is 84.0 Å². The normalized spacial score (nSPS) is 14.1. The number of hydrogen-bond donors (Lipinski definition) is 2. The Hall–Kier alpha value is -2.71. The molecule has 1 saturated heterocycles. The van der Waals surface area contributed by atoms with Crippen molar-refractivity contribution in [1.29, 1.82) is 0 Å². The van der Waals surface area contributed by atoms with Crippen molar-refractivity contribution >= 4 is 29.7 Å². The molecule has 210 valence electrons. The highest BCUT2D eigenvalue weighted by Crippen LogP contribution is 2.24. The van der Waals surface area contributed by atoms with Crippen LogP contribution >= 0.6 is 0 Å². The summed E-state index contributed by atoms with van der Waals surface area (Å²) >= 11 is 0. The fourth-order valence-corrected chi connectivity index (χ4v) is 4.52. The van der Waals surface area contributed by atoms with E-state index in [2.05, 4.69) is 6.92 Å². The number of unbranched alkanes of at least 4 members (excludes halogenated alkanes) is 13. The summed E-state index contributed by atoms with van der Waals surface area (Å²) in [5.74, 6) is -4.63. The van der Waals surface area contributed by atoms with Gasteiger partial charge in [0.15, 0.2) is 0 Å². The number of carboxylic acid groups (broad SMARTS) is 2. The number of hydrogen-bond acceptors (Lipinski definition) is 6. The molecule has 1 heterocycles. The molecule has 1 aliphatic rings. The van der Waals surface area contributed by atoms with Crippen LogP contribution in [0.4, 0.5) is 0 Å². The molecule has 0 aromatic rings. The maximum Gasteiger partial charge on any atom is 0.371 e. The second-order valence-electron chi connectivity index (χ2n) is 9.84. The second kappa shape index (κ2) is 19.4. The Morgan fingerprint density at radius 2 is 1.08 bits per heavy atom. The largest absolute Gasteiger partial charge is 0.481 e. The Labute approximate surface area is 220 Å². The summed E-state index contributed by atoms with van der Waals surface area (Å²) in [5.41, 5.74) is 0.0353. The quantitative estimate of drug-likeness (QED) is 0.0570. The van der Waals surface area contributed by atoms with Crippen LogP contribution in [0, 0.1) is 0 Å². The molecule has 0 bridgehead atoms. The van der Waals surface area contributed by atoms with Gasteiger partial charge in [-0.25, -0.2) is 9.59 Å². The van der Waals surface area contributed by atoms with Gasteiger partial charge in [0.05, 0.1) is 0 Å². The lowest BCUT2D eigenvalue weighted by Crippen LogP contribution is -2.34. The molecule has 0 spiro atoms. The molecule has 37 heavy (non-hydrogen) atoms. The molecule has 2 N–H and O–H groups in total. The highest BCUT2D eigenvalue weighted by molar-refractivity contribution is 6.15. The SMILES string of the molecule is CCCCCCCCCC/C(CCCCCCCCCC(=O)O)=C(\C(=O)O)C(=O)ON1C(=O)CCC1=O. The predicted octanol–water partition coefficient (Wildman–Crippen LogP) is 6.10. The molecule has 0 aromatic heterocycles. The summed E-state index contributed by atoms with van der Waals surface area (Å²) in [7, 11) is 0. The summed E-state index contributed by atoms with van der Waals surface area (Å²) in [5, 5.41) is 18.9. The molecule has 0 radical (unpaired) electrons. The van der Waals surface area contributed by atoms with Crippen LogP contribution in [-0.4, -0.2) is 45.0 Å². The van der Waals surface area contributed by atoms with Crippen molar-refractivity contribution in [1.82, 2.24) is 5.06 Å². The summed E-state index contributed by atoms with van der Waals surface area (Å²) in [6.45, 7) is 2.18. The van der Waals surface area contributed by atoms with Gasteiger partial charge in [0.1, 0.15) is 5.57 Å². The first-order valence-electron chi connectivity index (χ1n) is 14.0. The number of carbonyl (C=O) groups is 5. The van der Waals surface area contributed by atoms with Crippen LogP contribution in [0.1, 0.15) is 135 Å². The van der Waals surface area contributed by atoms with E-state index in [4.69, 9.17) is 9.94 Å². The summed E-state index contributed by atoms with van der Waals surface area (Å²) in [4.78, 5) is 64.0. The van der Waals surface area contributed by atoms with Crippen LogP contribution in [0.3, 0.4) is 0 Å². The van der Waals surface area contributed by atoms with Gasteiger partial charge in [-0.2, -0.15) is 0 Å². The minimum Gasteiger partial charge on any atom is -0.481 e. The summed E-state index contributed by atoms with van der Waals surface area (Å²) < 4.78 is 0. The molecule has 0 aliphatic carbocycles. The van der Waals surface area contributed by atoms with Gasteiger partial charge < -0.3 is 15.1 Å². The lowest BCUT2D eigenvalue weighted by atomic mass is 9.95. The third-order valence-electron chi connectivity index (χ3n) is 6.65. The summed E-state index contributed by atoms with van der Waals surface area (Å²) in [6.07, 6.45) is 15.7. The standard InChI is InChI=1S/C28H45NO8/c1-2-3-4-5-6-8-11-14-17-22(18-15-12-9-7-10-13-16-19-25(32)33)26(27(34)35)28(36)37-29-23(30)20-21-24(29)31/h2-21H2,1H3,(H,32,33)(H,34,35)/b26-22-. The average Bonchev–Trinajstić information content (AvgIpc) is 3.15. The van der Waals surface area contributed by atoms with Gasteiger partial charge in [-0.15, -0.1) is 5.06 Å². The number of amides is 2. The minimum absolute atomic E-state index is 0.0559. The van der Waals surface area contributed by atoms with Crippen molar-refractivity contribution in [3.63, 3.8) is 0 Å². The monoisotopic (exact) mass is 523 g/mol. The van der Waals surface area contributed by atoms with Gasteiger partial charge in [0, 0.05) is 19.3 Å². The Bertz CT molecular complexity index is 773. The first kappa shape index (κ1) is 32.3. The first-order valence-corrected chi connectivity index (χ1v) is 14.0. The zero-order valence-electron chi connectivity index (χ0n) is 22.4. The van der Waals surface area contributed by atoms with E-state index in [1.165, 1.54) is 25.7 Å². The first-order chi connectivity index (χ1) is 17.8. The van der Waals surface area contributed by atoms with E-state index in [0.29, 0.717) is 36.3 Å². The van der Waals surface area contributed by atoms with Crippen molar-refractivity contribution in [3.8, 4) is 0 Å². The number of hydroxylamine groups is 2. The molecule has 0 aromatic carbocycles. The van der Waals surface area contributed by atoms with Crippen LogP contribution in [0.2, 0.25) is 0 Å². The van der Waals surface area contributed by atoms with E-state index in [9.17, 15) is 29.1 Å². The molecular weight excluding hydrogens is 478 g/mol. The van der Waals surface area contributed by atoms with Crippen LogP contribution < -0.4 is 0 Å². The van der Waals surface area contributed by atoms with Crippen molar-refractivity contribution in [2.75, 3.05) is 0 Å². The van der Waals surface area contributed by atoms with Crippen LogP contribution in [0.15, 0.2) is 11.1 Å².